The van der Waals surface area contributed by atoms with Crippen LogP contribution in [0.3, 0.4) is 0 Å². The SMILES string of the molecule is Cc1cc(C)c(SN(Cc2ccc(-c3cccc(S(=O)(=O)CC(=O)O)c3)cc2)Cc2ccc(C(=O)N(C)C)o2)c(C)c1. The van der Waals surface area contributed by atoms with Crippen LogP contribution in [0.2, 0.25) is 0 Å². The molecule has 1 N–H and O–H groups in total. The van der Waals surface area contributed by atoms with Crippen LogP contribution in [0.15, 0.2) is 87.0 Å². The normalized spacial score (nSPS) is 11.6. The van der Waals surface area contributed by atoms with Crippen LogP contribution in [-0.2, 0) is 27.7 Å². The van der Waals surface area contributed by atoms with Crippen LogP contribution < -0.4 is 0 Å². The molecule has 0 atom stereocenters. The third kappa shape index (κ3) is 7.70. The molecule has 0 aliphatic rings. The second kappa shape index (κ2) is 13.0. The molecule has 220 valence electrons. The number of benzene rings is 3. The number of carboxylic acids is 1. The molecular weight excluding hydrogens is 572 g/mol. The minimum absolute atomic E-state index is 0.0246. The average Bonchev–Trinajstić information content (AvgIpc) is 3.38. The molecule has 1 aromatic heterocycles. The lowest BCUT2D eigenvalue weighted by Crippen LogP contribution is -2.21. The fourth-order valence-electron chi connectivity index (χ4n) is 4.65. The van der Waals surface area contributed by atoms with Gasteiger partial charge in [0.25, 0.3) is 5.91 Å². The molecule has 0 spiro atoms. The predicted molar refractivity (Wildman–Crippen MR) is 164 cm³/mol. The molecule has 0 bridgehead atoms. The van der Waals surface area contributed by atoms with Crippen molar-refractivity contribution < 1.29 is 27.5 Å². The van der Waals surface area contributed by atoms with E-state index in [1.807, 2.05) is 30.3 Å². The minimum atomic E-state index is -3.93. The number of aliphatic carboxylic acids is 1. The van der Waals surface area contributed by atoms with Gasteiger partial charge in [-0.2, -0.15) is 0 Å². The molecular formula is C32H34N2O6S2. The first-order valence-electron chi connectivity index (χ1n) is 13.3. The summed E-state index contributed by atoms with van der Waals surface area (Å²) < 4.78 is 32.9. The molecule has 4 rings (SSSR count). The average molecular weight is 607 g/mol. The lowest BCUT2D eigenvalue weighted by Gasteiger charge is -2.23. The summed E-state index contributed by atoms with van der Waals surface area (Å²) in [4.78, 5) is 26.0. The van der Waals surface area contributed by atoms with Crippen molar-refractivity contribution in [2.75, 3.05) is 19.8 Å². The Kier molecular flexibility index (Phi) is 9.60. The smallest absolute Gasteiger partial charge is 0.319 e. The van der Waals surface area contributed by atoms with Crippen LogP contribution in [0.4, 0.5) is 0 Å². The molecule has 0 fully saturated rings. The van der Waals surface area contributed by atoms with E-state index in [2.05, 4.69) is 37.2 Å². The van der Waals surface area contributed by atoms with Gasteiger partial charge in [-0.3, -0.25) is 9.59 Å². The van der Waals surface area contributed by atoms with E-state index in [0.717, 1.165) is 16.0 Å². The number of carbonyl (C=O) groups is 2. The number of hydrogen-bond donors (Lipinski definition) is 1. The molecule has 0 unspecified atom stereocenters. The second-order valence-corrected chi connectivity index (χ2v) is 13.6. The highest BCUT2D eigenvalue weighted by Crippen LogP contribution is 2.33. The monoisotopic (exact) mass is 606 g/mol. The van der Waals surface area contributed by atoms with Crippen LogP contribution in [0.1, 0.15) is 38.6 Å². The molecule has 0 saturated heterocycles. The zero-order valence-corrected chi connectivity index (χ0v) is 25.9. The molecule has 10 heteroatoms. The van der Waals surface area contributed by atoms with Gasteiger partial charge in [0.15, 0.2) is 21.4 Å². The van der Waals surface area contributed by atoms with Crippen LogP contribution >= 0.6 is 11.9 Å². The number of furan rings is 1. The molecule has 0 saturated carbocycles. The predicted octanol–water partition coefficient (Wildman–Crippen LogP) is 6.14. The molecule has 3 aromatic carbocycles. The molecule has 8 nitrogen and oxygen atoms in total. The maximum absolute atomic E-state index is 12.4. The highest BCUT2D eigenvalue weighted by atomic mass is 32.2. The van der Waals surface area contributed by atoms with Crippen molar-refractivity contribution in [1.29, 1.82) is 0 Å². The summed E-state index contributed by atoms with van der Waals surface area (Å²) >= 11 is 1.64. The van der Waals surface area contributed by atoms with Crippen molar-refractivity contribution in [3.05, 3.63) is 107 Å². The first-order chi connectivity index (χ1) is 19.8. The van der Waals surface area contributed by atoms with Gasteiger partial charge in [0, 0.05) is 25.5 Å². The van der Waals surface area contributed by atoms with Crippen molar-refractivity contribution in [2.45, 2.75) is 43.7 Å². The third-order valence-electron chi connectivity index (χ3n) is 6.59. The fraction of sp³-hybridized carbons (Fsp3) is 0.250. The topological polar surface area (TPSA) is 108 Å². The number of carbonyl (C=O) groups excluding carboxylic acids is 1. The second-order valence-electron chi connectivity index (χ2n) is 10.5. The summed E-state index contributed by atoms with van der Waals surface area (Å²) in [5.41, 5.74) is 6.08. The number of amides is 1. The number of carboxylic acid groups (broad SMARTS) is 1. The van der Waals surface area contributed by atoms with E-state index in [4.69, 9.17) is 9.52 Å². The quantitative estimate of drug-likeness (QED) is 0.203. The van der Waals surface area contributed by atoms with Gasteiger partial charge in [0.1, 0.15) is 5.76 Å². The molecule has 0 aliphatic heterocycles. The van der Waals surface area contributed by atoms with Gasteiger partial charge in [-0.25, -0.2) is 12.7 Å². The fourth-order valence-corrected chi connectivity index (χ4v) is 6.81. The van der Waals surface area contributed by atoms with E-state index >= 15 is 0 Å². The Morgan fingerprint density at radius 2 is 1.52 bits per heavy atom. The summed E-state index contributed by atoms with van der Waals surface area (Å²) in [5.74, 6) is -1.58. The number of sulfone groups is 1. The highest BCUT2D eigenvalue weighted by molar-refractivity contribution is 7.97. The van der Waals surface area contributed by atoms with Crippen molar-refractivity contribution in [2.24, 2.45) is 0 Å². The Morgan fingerprint density at radius 3 is 2.14 bits per heavy atom. The minimum Gasteiger partial charge on any atom is -0.480 e. The van der Waals surface area contributed by atoms with Gasteiger partial charge >= 0.3 is 5.97 Å². The van der Waals surface area contributed by atoms with Crippen molar-refractivity contribution in [1.82, 2.24) is 9.21 Å². The number of rotatable bonds is 11. The zero-order valence-electron chi connectivity index (χ0n) is 24.2. The molecule has 0 radical (unpaired) electrons. The van der Waals surface area contributed by atoms with Gasteiger partial charge in [-0.05, 0) is 84.8 Å². The number of nitrogens with zero attached hydrogens (tertiary/aromatic N) is 2. The van der Waals surface area contributed by atoms with Crippen LogP contribution in [0, 0.1) is 20.8 Å². The van der Waals surface area contributed by atoms with Crippen LogP contribution in [-0.4, -0.2) is 54.5 Å². The maximum Gasteiger partial charge on any atom is 0.319 e. The van der Waals surface area contributed by atoms with Crippen LogP contribution in [0.25, 0.3) is 11.1 Å². The van der Waals surface area contributed by atoms with E-state index < -0.39 is 21.6 Å². The van der Waals surface area contributed by atoms with Gasteiger partial charge in [-0.1, -0.05) is 54.1 Å². The summed E-state index contributed by atoms with van der Waals surface area (Å²) in [7, 11) is -0.564. The zero-order chi connectivity index (χ0) is 30.6. The van der Waals surface area contributed by atoms with Crippen LogP contribution in [0.5, 0.6) is 0 Å². The van der Waals surface area contributed by atoms with E-state index in [1.54, 1.807) is 44.2 Å². The Balaban J connectivity index is 1.59. The molecule has 42 heavy (non-hydrogen) atoms. The van der Waals surface area contributed by atoms with Crippen molar-refractivity contribution in [3.63, 3.8) is 0 Å². The first kappa shape index (κ1) is 31.1. The van der Waals surface area contributed by atoms with E-state index in [0.29, 0.717) is 30.2 Å². The third-order valence-corrected chi connectivity index (χ3v) is 9.53. The number of hydrogen-bond acceptors (Lipinski definition) is 7. The Hall–Kier alpha value is -3.86. The number of aryl methyl sites for hydroxylation is 3. The van der Waals surface area contributed by atoms with Gasteiger partial charge < -0.3 is 14.4 Å². The Bertz CT molecular complexity index is 1690. The van der Waals surface area contributed by atoms with Gasteiger partial charge in [0.2, 0.25) is 0 Å². The molecule has 0 aliphatic carbocycles. The maximum atomic E-state index is 12.4. The highest BCUT2D eigenvalue weighted by Gasteiger charge is 2.20. The Morgan fingerprint density at radius 1 is 0.857 bits per heavy atom. The first-order valence-corrected chi connectivity index (χ1v) is 15.7. The summed E-state index contributed by atoms with van der Waals surface area (Å²) in [6.07, 6.45) is 0. The van der Waals surface area contributed by atoms with E-state index in [-0.39, 0.29) is 10.8 Å². The molecule has 1 heterocycles. The van der Waals surface area contributed by atoms with E-state index in [9.17, 15) is 18.0 Å². The molecule has 4 aromatic rings. The van der Waals surface area contributed by atoms with Crippen molar-refractivity contribution in [3.8, 4) is 11.1 Å². The lowest BCUT2D eigenvalue weighted by molar-refractivity contribution is -0.134. The summed E-state index contributed by atoms with van der Waals surface area (Å²) in [6, 6.07) is 22.0. The standard InChI is InChI=1S/C32H34N2O6S2/c1-21-15-22(2)31(23(3)16-21)41-34(19-27-13-14-29(40-27)32(37)33(4)5)18-24-9-11-25(12-10-24)26-7-6-8-28(17-26)42(38,39)20-30(35)36/h6-17H,18-20H2,1-5H3,(H,35,36). The summed E-state index contributed by atoms with van der Waals surface area (Å²) in [6.45, 7) is 7.31. The molecule has 1 amide bonds. The summed E-state index contributed by atoms with van der Waals surface area (Å²) in [5, 5.41) is 8.97. The van der Waals surface area contributed by atoms with Gasteiger partial charge in [-0.15, -0.1) is 0 Å². The largest absolute Gasteiger partial charge is 0.480 e. The lowest BCUT2D eigenvalue weighted by atomic mass is 10.0. The van der Waals surface area contributed by atoms with Crippen molar-refractivity contribution >= 4 is 33.7 Å². The van der Waals surface area contributed by atoms with Gasteiger partial charge in [0.05, 0.1) is 11.4 Å². The van der Waals surface area contributed by atoms with E-state index in [1.165, 1.54) is 33.7 Å². The Labute approximate surface area is 251 Å².